The molecule has 0 bridgehead atoms. The van der Waals surface area contributed by atoms with Crippen LogP contribution in [0.15, 0.2) is 24.3 Å². The third kappa shape index (κ3) is 2.66. The summed E-state index contributed by atoms with van der Waals surface area (Å²) in [7, 11) is 1.88. The molecule has 3 heteroatoms. The molecule has 0 aliphatic carbocycles. The largest absolute Gasteiger partial charge is 0.373 e. The lowest BCUT2D eigenvalue weighted by molar-refractivity contribution is -0.132. The Hall–Kier alpha value is -1.51. The van der Waals surface area contributed by atoms with Gasteiger partial charge in [-0.2, -0.15) is 0 Å². The number of nitrogens with zero attached hydrogens (tertiary/aromatic N) is 1. The van der Waals surface area contributed by atoms with Crippen molar-refractivity contribution in [2.75, 3.05) is 18.9 Å². The Morgan fingerprint density at radius 2 is 2.06 bits per heavy atom. The van der Waals surface area contributed by atoms with Gasteiger partial charge >= 0.3 is 0 Å². The lowest BCUT2D eigenvalue weighted by Gasteiger charge is -2.31. The standard InChI is InChI=1S/C15H22N2O/c1-11(2)12-7-4-5-8-13(12)16-14-9-6-10-17(3)15(14)18/h4-5,7-8,11,14,16H,6,9-10H2,1-3H3. The van der Waals surface area contributed by atoms with Crippen LogP contribution in [-0.4, -0.2) is 30.4 Å². The Morgan fingerprint density at radius 3 is 2.78 bits per heavy atom. The number of likely N-dealkylation sites (tertiary alicyclic amines) is 1. The lowest BCUT2D eigenvalue weighted by atomic mass is 9.99. The number of rotatable bonds is 3. The van der Waals surface area contributed by atoms with E-state index in [9.17, 15) is 4.79 Å². The van der Waals surface area contributed by atoms with Gasteiger partial charge in [-0.15, -0.1) is 0 Å². The summed E-state index contributed by atoms with van der Waals surface area (Å²) < 4.78 is 0. The highest BCUT2D eigenvalue weighted by molar-refractivity contribution is 5.85. The van der Waals surface area contributed by atoms with Crippen LogP contribution >= 0.6 is 0 Å². The van der Waals surface area contributed by atoms with E-state index in [1.807, 2.05) is 18.0 Å². The van der Waals surface area contributed by atoms with Gasteiger partial charge in [0.15, 0.2) is 0 Å². The van der Waals surface area contributed by atoms with Crippen LogP contribution in [0.25, 0.3) is 0 Å². The highest BCUT2D eigenvalue weighted by atomic mass is 16.2. The van der Waals surface area contributed by atoms with Crippen molar-refractivity contribution in [2.24, 2.45) is 0 Å². The zero-order valence-corrected chi connectivity index (χ0v) is 11.4. The third-order valence-electron chi connectivity index (χ3n) is 3.57. The van der Waals surface area contributed by atoms with E-state index in [1.165, 1.54) is 5.56 Å². The lowest BCUT2D eigenvalue weighted by Crippen LogP contribution is -2.45. The Kier molecular flexibility index (Phi) is 3.90. The summed E-state index contributed by atoms with van der Waals surface area (Å²) in [6.07, 6.45) is 2.00. The van der Waals surface area contributed by atoms with E-state index in [0.717, 1.165) is 25.1 Å². The number of carbonyl (C=O) groups is 1. The predicted octanol–water partition coefficient (Wildman–Crippen LogP) is 2.84. The molecule has 1 aliphatic heterocycles. The second kappa shape index (κ2) is 5.42. The molecule has 0 aromatic heterocycles. The summed E-state index contributed by atoms with van der Waals surface area (Å²) in [4.78, 5) is 13.9. The number of benzene rings is 1. The molecule has 0 radical (unpaired) electrons. The molecule has 1 unspecified atom stereocenters. The number of hydrogen-bond acceptors (Lipinski definition) is 2. The average Bonchev–Trinajstić information content (AvgIpc) is 2.35. The highest BCUT2D eigenvalue weighted by Gasteiger charge is 2.26. The molecule has 1 N–H and O–H groups in total. The maximum Gasteiger partial charge on any atom is 0.244 e. The fraction of sp³-hybridized carbons (Fsp3) is 0.533. The quantitative estimate of drug-likeness (QED) is 0.889. The van der Waals surface area contributed by atoms with Crippen LogP contribution in [0.5, 0.6) is 0 Å². The second-order valence-corrected chi connectivity index (χ2v) is 5.34. The number of para-hydroxylation sites is 1. The molecule has 0 spiro atoms. The van der Waals surface area contributed by atoms with E-state index in [0.29, 0.717) is 5.92 Å². The minimum atomic E-state index is -0.0661. The monoisotopic (exact) mass is 246 g/mol. The van der Waals surface area contributed by atoms with Crippen molar-refractivity contribution in [1.29, 1.82) is 0 Å². The highest BCUT2D eigenvalue weighted by Crippen LogP contribution is 2.25. The van der Waals surface area contributed by atoms with Gasteiger partial charge in [-0.1, -0.05) is 32.0 Å². The summed E-state index contributed by atoms with van der Waals surface area (Å²) in [5, 5.41) is 3.42. The predicted molar refractivity (Wildman–Crippen MR) is 74.8 cm³/mol. The van der Waals surface area contributed by atoms with Gasteiger partial charge in [-0.25, -0.2) is 0 Å². The Balaban J connectivity index is 2.16. The van der Waals surface area contributed by atoms with E-state index in [1.54, 1.807) is 0 Å². The van der Waals surface area contributed by atoms with Gasteiger partial charge in [-0.3, -0.25) is 4.79 Å². The van der Waals surface area contributed by atoms with Gasteiger partial charge in [0.25, 0.3) is 0 Å². The first-order valence-corrected chi connectivity index (χ1v) is 6.70. The molecule has 1 aromatic carbocycles. The molecule has 1 aliphatic rings. The van der Waals surface area contributed by atoms with E-state index in [4.69, 9.17) is 0 Å². The average molecular weight is 246 g/mol. The minimum Gasteiger partial charge on any atom is -0.373 e. The van der Waals surface area contributed by atoms with Gasteiger partial charge in [0.05, 0.1) is 0 Å². The fourth-order valence-electron chi connectivity index (χ4n) is 2.49. The second-order valence-electron chi connectivity index (χ2n) is 5.34. The summed E-state index contributed by atoms with van der Waals surface area (Å²) in [6, 6.07) is 8.20. The van der Waals surface area contributed by atoms with Crippen molar-refractivity contribution in [3.63, 3.8) is 0 Å². The Bertz CT molecular complexity index is 428. The summed E-state index contributed by atoms with van der Waals surface area (Å²) in [5.74, 6) is 0.671. The van der Waals surface area contributed by atoms with Crippen molar-refractivity contribution < 1.29 is 4.79 Å². The number of piperidine rings is 1. The molecule has 2 rings (SSSR count). The van der Waals surface area contributed by atoms with Gasteiger partial charge < -0.3 is 10.2 Å². The van der Waals surface area contributed by atoms with E-state index >= 15 is 0 Å². The Labute approximate surface area is 109 Å². The van der Waals surface area contributed by atoms with Crippen LogP contribution in [0.3, 0.4) is 0 Å². The van der Waals surface area contributed by atoms with E-state index in [-0.39, 0.29) is 11.9 Å². The number of anilines is 1. The van der Waals surface area contributed by atoms with Crippen LogP contribution < -0.4 is 5.32 Å². The first-order valence-electron chi connectivity index (χ1n) is 6.70. The van der Waals surface area contributed by atoms with Crippen LogP contribution in [0.1, 0.15) is 38.2 Å². The normalized spacial score (nSPS) is 20.3. The van der Waals surface area contributed by atoms with E-state index < -0.39 is 0 Å². The summed E-state index contributed by atoms with van der Waals surface area (Å²) in [5.41, 5.74) is 2.37. The van der Waals surface area contributed by atoms with Crippen LogP contribution in [-0.2, 0) is 4.79 Å². The molecule has 1 saturated heterocycles. The molecular weight excluding hydrogens is 224 g/mol. The van der Waals surface area contributed by atoms with Crippen molar-refractivity contribution in [2.45, 2.75) is 38.6 Å². The smallest absolute Gasteiger partial charge is 0.244 e. The van der Waals surface area contributed by atoms with Crippen LogP contribution in [0.4, 0.5) is 5.69 Å². The Morgan fingerprint density at radius 1 is 1.33 bits per heavy atom. The first kappa shape index (κ1) is 12.9. The van der Waals surface area contributed by atoms with Gasteiger partial charge in [0.1, 0.15) is 6.04 Å². The van der Waals surface area contributed by atoms with Crippen molar-refractivity contribution in [1.82, 2.24) is 4.90 Å². The summed E-state index contributed by atoms with van der Waals surface area (Å²) >= 11 is 0. The van der Waals surface area contributed by atoms with E-state index in [2.05, 4.69) is 37.4 Å². The molecule has 1 aromatic rings. The van der Waals surface area contributed by atoms with Crippen LogP contribution in [0.2, 0.25) is 0 Å². The number of nitrogens with one attached hydrogen (secondary N) is 1. The molecule has 1 fully saturated rings. The molecule has 1 heterocycles. The number of carbonyl (C=O) groups excluding carboxylic acids is 1. The first-order chi connectivity index (χ1) is 8.59. The topological polar surface area (TPSA) is 32.3 Å². The van der Waals surface area contributed by atoms with Crippen molar-refractivity contribution in [3.8, 4) is 0 Å². The van der Waals surface area contributed by atoms with Gasteiger partial charge in [-0.05, 0) is 30.4 Å². The zero-order valence-electron chi connectivity index (χ0n) is 11.4. The summed E-state index contributed by atoms with van der Waals surface area (Å²) in [6.45, 7) is 5.23. The maximum absolute atomic E-state index is 12.1. The minimum absolute atomic E-state index is 0.0661. The van der Waals surface area contributed by atoms with Crippen LogP contribution in [0, 0.1) is 0 Å². The van der Waals surface area contributed by atoms with Gasteiger partial charge in [0.2, 0.25) is 5.91 Å². The molecule has 1 atom stereocenters. The SMILES string of the molecule is CC(C)c1ccccc1NC1CCCN(C)C1=O. The molecule has 3 nitrogen and oxygen atoms in total. The molecule has 0 saturated carbocycles. The molecule has 1 amide bonds. The third-order valence-corrected chi connectivity index (χ3v) is 3.57. The molecular formula is C15H22N2O. The maximum atomic E-state index is 12.1. The molecule has 18 heavy (non-hydrogen) atoms. The van der Waals surface area contributed by atoms with Crippen molar-refractivity contribution in [3.05, 3.63) is 29.8 Å². The molecule has 98 valence electrons. The van der Waals surface area contributed by atoms with Gasteiger partial charge in [0, 0.05) is 19.3 Å². The number of hydrogen-bond donors (Lipinski definition) is 1. The number of likely N-dealkylation sites (N-methyl/N-ethyl adjacent to an activating group) is 1. The fourth-order valence-corrected chi connectivity index (χ4v) is 2.49. The van der Waals surface area contributed by atoms with Crippen molar-refractivity contribution >= 4 is 11.6 Å². The number of amides is 1. The zero-order chi connectivity index (χ0) is 13.1.